The zero-order valence-electron chi connectivity index (χ0n) is 10.6. The molecule has 6 nitrogen and oxygen atoms in total. The molecule has 1 atom stereocenters. The molecule has 0 aromatic heterocycles. The predicted molar refractivity (Wildman–Crippen MR) is 70.5 cm³/mol. The van der Waals surface area contributed by atoms with Crippen LogP contribution in [0.15, 0.2) is 29.2 Å². The highest BCUT2D eigenvalue weighted by molar-refractivity contribution is 7.89. The Bertz CT molecular complexity index is 591. The SMILES string of the molecule is CC(NC(=O)C1(N)CC1)c1ccc(S(N)(=O)=O)cc1. The minimum absolute atomic E-state index is 0.0484. The number of rotatable bonds is 4. The number of benzene rings is 1. The smallest absolute Gasteiger partial charge is 0.240 e. The van der Waals surface area contributed by atoms with Crippen molar-refractivity contribution in [3.63, 3.8) is 0 Å². The molecule has 0 spiro atoms. The van der Waals surface area contributed by atoms with Gasteiger partial charge in [0.25, 0.3) is 0 Å². The molecule has 1 aromatic carbocycles. The topological polar surface area (TPSA) is 115 Å². The van der Waals surface area contributed by atoms with Crippen molar-refractivity contribution < 1.29 is 13.2 Å². The second-order valence-corrected chi connectivity index (χ2v) is 6.53. The summed E-state index contributed by atoms with van der Waals surface area (Å²) in [5.74, 6) is -0.171. The molecule has 2 rings (SSSR count). The quantitative estimate of drug-likeness (QED) is 0.721. The highest BCUT2D eigenvalue weighted by Crippen LogP contribution is 2.32. The monoisotopic (exact) mass is 283 g/mol. The largest absolute Gasteiger partial charge is 0.348 e. The molecule has 1 aliphatic carbocycles. The molecule has 0 heterocycles. The Hall–Kier alpha value is -1.44. The number of nitrogens with one attached hydrogen (secondary N) is 1. The summed E-state index contributed by atoms with van der Waals surface area (Å²) in [5.41, 5.74) is 5.87. The van der Waals surface area contributed by atoms with Gasteiger partial charge in [0, 0.05) is 0 Å². The van der Waals surface area contributed by atoms with E-state index in [4.69, 9.17) is 10.9 Å². The number of sulfonamides is 1. The van der Waals surface area contributed by atoms with Crippen molar-refractivity contribution in [2.45, 2.75) is 36.2 Å². The molecule has 1 fully saturated rings. The summed E-state index contributed by atoms with van der Waals surface area (Å²) in [4.78, 5) is 11.8. The summed E-state index contributed by atoms with van der Waals surface area (Å²) in [5, 5.41) is 7.83. The van der Waals surface area contributed by atoms with E-state index in [2.05, 4.69) is 5.32 Å². The fraction of sp³-hybridized carbons (Fsp3) is 0.417. The zero-order chi connectivity index (χ0) is 14.3. The highest BCUT2D eigenvalue weighted by Gasteiger charge is 2.46. The Morgan fingerprint density at radius 1 is 1.32 bits per heavy atom. The van der Waals surface area contributed by atoms with E-state index in [0.717, 1.165) is 5.56 Å². The first kappa shape index (κ1) is 14.0. The van der Waals surface area contributed by atoms with Crippen LogP contribution in [0.25, 0.3) is 0 Å². The zero-order valence-corrected chi connectivity index (χ0v) is 11.4. The van der Waals surface area contributed by atoms with Gasteiger partial charge in [-0.25, -0.2) is 13.6 Å². The van der Waals surface area contributed by atoms with Crippen LogP contribution in [0.4, 0.5) is 0 Å². The van der Waals surface area contributed by atoms with Gasteiger partial charge in [0.2, 0.25) is 15.9 Å². The van der Waals surface area contributed by atoms with E-state index in [1.54, 1.807) is 12.1 Å². The lowest BCUT2D eigenvalue weighted by atomic mass is 10.1. The van der Waals surface area contributed by atoms with Crippen LogP contribution in [0.3, 0.4) is 0 Å². The molecule has 1 amide bonds. The number of hydrogen-bond acceptors (Lipinski definition) is 4. The fourth-order valence-electron chi connectivity index (χ4n) is 1.73. The van der Waals surface area contributed by atoms with Crippen molar-refractivity contribution in [3.8, 4) is 0 Å². The van der Waals surface area contributed by atoms with Crippen LogP contribution in [-0.4, -0.2) is 19.9 Å². The third kappa shape index (κ3) is 3.12. The van der Waals surface area contributed by atoms with E-state index in [0.29, 0.717) is 12.8 Å². The van der Waals surface area contributed by atoms with Gasteiger partial charge in [-0.05, 0) is 37.5 Å². The van der Waals surface area contributed by atoms with Crippen LogP contribution in [0.5, 0.6) is 0 Å². The Balaban J connectivity index is 2.07. The van der Waals surface area contributed by atoms with Gasteiger partial charge >= 0.3 is 0 Å². The number of nitrogens with two attached hydrogens (primary N) is 2. The van der Waals surface area contributed by atoms with Crippen molar-refractivity contribution in [2.24, 2.45) is 10.9 Å². The van der Waals surface area contributed by atoms with Gasteiger partial charge in [-0.3, -0.25) is 4.79 Å². The summed E-state index contributed by atoms with van der Waals surface area (Å²) >= 11 is 0. The summed E-state index contributed by atoms with van der Waals surface area (Å²) in [6.07, 6.45) is 1.41. The van der Waals surface area contributed by atoms with Crippen molar-refractivity contribution in [1.82, 2.24) is 5.32 Å². The number of carbonyl (C=O) groups excluding carboxylic acids is 1. The van der Waals surface area contributed by atoms with Crippen LogP contribution in [0, 0.1) is 0 Å². The lowest BCUT2D eigenvalue weighted by Gasteiger charge is -2.17. The molecule has 104 valence electrons. The van der Waals surface area contributed by atoms with Crippen LogP contribution >= 0.6 is 0 Å². The molecular formula is C12H17N3O3S. The Kier molecular flexibility index (Phi) is 3.38. The maximum absolute atomic E-state index is 11.8. The molecule has 0 bridgehead atoms. The number of amides is 1. The van der Waals surface area contributed by atoms with Crippen LogP contribution in [0.1, 0.15) is 31.4 Å². The maximum atomic E-state index is 11.8. The van der Waals surface area contributed by atoms with Gasteiger partial charge in [-0.15, -0.1) is 0 Å². The molecule has 19 heavy (non-hydrogen) atoms. The Morgan fingerprint density at radius 2 is 1.84 bits per heavy atom. The second kappa shape index (κ2) is 4.59. The molecule has 0 aliphatic heterocycles. The summed E-state index contributed by atoms with van der Waals surface area (Å²) in [6, 6.07) is 5.86. The normalized spacial score (nSPS) is 18.7. The first-order chi connectivity index (χ1) is 8.72. The molecule has 1 aromatic rings. The Morgan fingerprint density at radius 3 is 2.26 bits per heavy atom. The lowest BCUT2D eigenvalue weighted by Crippen LogP contribution is -2.43. The van der Waals surface area contributed by atoms with Gasteiger partial charge in [0.05, 0.1) is 16.5 Å². The lowest BCUT2D eigenvalue weighted by molar-refractivity contribution is -0.123. The average Bonchev–Trinajstić information content (AvgIpc) is 3.08. The highest BCUT2D eigenvalue weighted by atomic mass is 32.2. The molecular weight excluding hydrogens is 266 g/mol. The van der Waals surface area contributed by atoms with E-state index in [1.165, 1.54) is 12.1 Å². The van der Waals surface area contributed by atoms with Gasteiger partial charge < -0.3 is 11.1 Å². The molecule has 0 saturated heterocycles. The van der Waals surface area contributed by atoms with Crippen molar-refractivity contribution in [3.05, 3.63) is 29.8 Å². The summed E-state index contributed by atoms with van der Waals surface area (Å²) in [7, 11) is -3.69. The second-order valence-electron chi connectivity index (χ2n) is 4.97. The fourth-order valence-corrected chi connectivity index (χ4v) is 2.25. The third-order valence-electron chi connectivity index (χ3n) is 3.30. The first-order valence-electron chi connectivity index (χ1n) is 5.95. The van der Waals surface area contributed by atoms with E-state index in [1.807, 2.05) is 6.92 Å². The van der Waals surface area contributed by atoms with E-state index < -0.39 is 15.6 Å². The first-order valence-corrected chi connectivity index (χ1v) is 7.50. The summed E-state index contributed by atoms with van der Waals surface area (Å²) < 4.78 is 22.2. The number of primary sulfonamides is 1. The molecule has 1 aliphatic rings. The van der Waals surface area contributed by atoms with Gasteiger partial charge in [-0.2, -0.15) is 0 Å². The molecule has 1 unspecified atom stereocenters. The van der Waals surface area contributed by atoms with Gasteiger partial charge in [0.15, 0.2) is 0 Å². The van der Waals surface area contributed by atoms with Crippen molar-refractivity contribution >= 4 is 15.9 Å². The summed E-state index contributed by atoms with van der Waals surface area (Å²) in [6.45, 7) is 1.82. The molecule has 7 heteroatoms. The van der Waals surface area contributed by atoms with Crippen molar-refractivity contribution in [2.75, 3.05) is 0 Å². The van der Waals surface area contributed by atoms with E-state index >= 15 is 0 Å². The molecule has 5 N–H and O–H groups in total. The standard InChI is InChI=1S/C12H17N3O3S/c1-8(15-11(16)12(13)6-7-12)9-2-4-10(5-3-9)19(14,17)18/h2-5,8H,6-7,13H2,1H3,(H,15,16)(H2,14,17,18). The van der Waals surface area contributed by atoms with Crippen LogP contribution in [-0.2, 0) is 14.8 Å². The third-order valence-corrected chi connectivity index (χ3v) is 4.23. The minimum Gasteiger partial charge on any atom is -0.348 e. The van der Waals surface area contributed by atoms with E-state index in [9.17, 15) is 13.2 Å². The maximum Gasteiger partial charge on any atom is 0.240 e. The number of hydrogen-bond donors (Lipinski definition) is 3. The van der Waals surface area contributed by atoms with Crippen LogP contribution < -0.4 is 16.2 Å². The van der Waals surface area contributed by atoms with Gasteiger partial charge in [-0.1, -0.05) is 12.1 Å². The molecule has 0 radical (unpaired) electrons. The minimum atomic E-state index is -3.69. The van der Waals surface area contributed by atoms with Crippen molar-refractivity contribution in [1.29, 1.82) is 0 Å². The van der Waals surface area contributed by atoms with Crippen LogP contribution in [0.2, 0.25) is 0 Å². The van der Waals surface area contributed by atoms with Gasteiger partial charge in [0.1, 0.15) is 0 Å². The Labute approximate surface area is 112 Å². The average molecular weight is 283 g/mol. The number of carbonyl (C=O) groups is 1. The van der Waals surface area contributed by atoms with E-state index in [-0.39, 0.29) is 16.8 Å². The predicted octanol–water partition coefficient (Wildman–Crippen LogP) is 0.00250. The molecule has 1 saturated carbocycles.